The van der Waals surface area contributed by atoms with Gasteiger partial charge in [-0.25, -0.2) is 9.97 Å². The first-order chi connectivity index (χ1) is 12.5. The van der Waals surface area contributed by atoms with Crippen molar-refractivity contribution < 1.29 is 4.79 Å². The van der Waals surface area contributed by atoms with E-state index in [4.69, 9.17) is 0 Å². The van der Waals surface area contributed by atoms with Gasteiger partial charge in [0.25, 0.3) is 5.91 Å². The summed E-state index contributed by atoms with van der Waals surface area (Å²) < 4.78 is 0. The Morgan fingerprint density at radius 3 is 2.81 bits per heavy atom. The third kappa shape index (κ3) is 3.87. The lowest BCUT2D eigenvalue weighted by atomic mass is 10.00. The van der Waals surface area contributed by atoms with Crippen LogP contribution in [-0.4, -0.2) is 28.5 Å². The molecule has 1 unspecified atom stereocenters. The largest absolute Gasteiger partial charge is 0.354 e. The Labute approximate surface area is 155 Å². The van der Waals surface area contributed by atoms with Crippen LogP contribution < -0.4 is 10.2 Å². The molecule has 0 radical (unpaired) electrons. The topological polar surface area (TPSA) is 58.1 Å². The standard InChI is InChI=1S/C21H28N4O/c1-5-17-10-6-7-12-25(17)20-13-19(22-16(4)23-20)21(26)24-18-11-8-9-14(2)15(18)3/h8-9,11,13,17H,5-7,10,12H2,1-4H3,(H,24,26). The van der Waals surface area contributed by atoms with E-state index >= 15 is 0 Å². The predicted octanol–water partition coefficient (Wildman–Crippen LogP) is 4.42. The second-order valence-corrected chi connectivity index (χ2v) is 7.11. The van der Waals surface area contributed by atoms with Crippen molar-refractivity contribution in [3.63, 3.8) is 0 Å². The molecule has 1 fully saturated rings. The number of hydrogen-bond acceptors (Lipinski definition) is 4. The lowest BCUT2D eigenvalue weighted by Gasteiger charge is -2.36. The summed E-state index contributed by atoms with van der Waals surface area (Å²) in [4.78, 5) is 24.1. The summed E-state index contributed by atoms with van der Waals surface area (Å²) in [5.41, 5.74) is 3.49. The van der Waals surface area contributed by atoms with Gasteiger partial charge in [-0.1, -0.05) is 19.1 Å². The number of aromatic nitrogens is 2. The number of amides is 1. The summed E-state index contributed by atoms with van der Waals surface area (Å²) >= 11 is 0. The Bertz CT molecular complexity index is 803. The monoisotopic (exact) mass is 352 g/mol. The predicted molar refractivity (Wildman–Crippen MR) is 106 cm³/mol. The van der Waals surface area contributed by atoms with Gasteiger partial charge < -0.3 is 10.2 Å². The summed E-state index contributed by atoms with van der Waals surface area (Å²) in [6.07, 6.45) is 4.71. The maximum absolute atomic E-state index is 12.8. The summed E-state index contributed by atoms with van der Waals surface area (Å²) in [6, 6.07) is 8.25. The molecule has 1 N–H and O–H groups in total. The van der Waals surface area contributed by atoms with Crippen LogP contribution in [0.15, 0.2) is 24.3 Å². The smallest absolute Gasteiger partial charge is 0.274 e. The zero-order valence-corrected chi connectivity index (χ0v) is 16.2. The number of rotatable bonds is 4. The van der Waals surface area contributed by atoms with Gasteiger partial charge in [-0.05, 0) is 63.6 Å². The van der Waals surface area contributed by atoms with Crippen molar-refractivity contribution >= 4 is 17.4 Å². The van der Waals surface area contributed by atoms with Crippen LogP contribution in [0.5, 0.6) is 0 Å². The van der Waals surface area contributed by atoms with Crippen molar-refractivity contribution in [2.45, 2.75) is 59.4 Å². The van der Waals surface area contributed by atoms with Gasteiger partial charge in [0, 0.05) is 24.3 Å². The summed E-state index contributed by atoms with van der Waals surface area (Å²) in [7, 11) is 0. The molecular formula is C21H28N4O. The van der Waals surface area contributed by atoms with Crippen LogP contribution in [0.3, 0.4) is 0 Å². The molecule has 138 valence electrons. The van der Waals surface area contributed by atoms with Crippen LogP contribution in [0.25, 0.3) is 0 Å². The molecular weight excluding hydrogens is 324 g/mol. The Kier molecular flexibility index (Phi) is 5.55. The Hall–Kier alpha value is -2.43. The van der Waals surface area contributed by atoms with Crippen LogP contribution in [0.1, 0.15) is 60.0 Å². The first-order valence-corrected chi connectivity index (χ1v) is 9.49. The van der Waals surface area contributed by atoms with Gasteiger partial charge >= 0.3 is 0 Å². The minimum atomic E-state index is -0.185. The molecule has 1 saturated heterocycles. The van der Waals surface area contributed by atoms with Crippen molar-refractivity contribution in [3.05, 3.63) is 46.9 Å². The number of nitrogens with one attached hydrogen (secondary N) is 1. The molecule has 5 heteroatoms. The van der Waals surface area contributed by atoms with Gasteiger partial charge in [0.1, 0.15) is 17.3 Å². The van der Waals surface area contributed by atoms with Crippen LogP contribution in [-0.2, 0) is 0 Å². The van der Waals surface area contributed by atoms with Crippen LogP contribution in [0.2, 0.25) is 0 Å². The van der Waals surface area contributed by atoms with Crippen LogP contribution in [0, 0.1) is 20.8 Å². The van der Waals surface area contributed by atoms with Gasteiger partial charge in [0.05, 0.1) is 0 Å². The van der Waals surface area contributed by atoms with Gasteiger partial charge in [0.2, 0.25) is 0 Å². The van der Waals surface area contributed by atoms with Gasteiger partial charge in [-0.15, -0.1) is 0 Å². The number of benzene rings is 1. The van der Waals surface area contributed by atoms with E-state index in [2.05, 4.69) is 27.1 Å². The molecule has 1 amide bonds. The fraction of sp³-hybridized carbons (Fsp3) is 0.476. The highest BCUT2D eigenvalue weighted by Crippen LogP contribution is 2.26. The van der Waals surface area contributed by atoms with E-state index in [0.29, 0.717) is 17.6 Å². The molecule has 0 saturated carbocycles. The van der Waals surface area contributed by atoms with E-state index in [9.17, 15) is 4.79 Å². The van der Waals surface area contributed by atoms with Gasteiger partial charge in [-0.2, -0.15) is 0 Å². The zero-order valence-electron chi connectivity index (χ0n) is 16.2. The van der Waals surface area contributed by atoms with Crippen molar-refractivity contribution in [2.24, 2.45) is 0 Å². The quantitative estimate of drug-likeness (QED) is 0.885. The maximum Gasteiger partial charge on any atom is 0.274 e. The molecule has 2 aromatic rings. The molecule has 0 aliphatic carbocycles. The number of carbonyl (C=O) groups is 1. The van der Waals surface area contributed by atoms with Crippen molar-refractivity contribution in [1.82, 2.24) is 9.97 Å². The van der Waals surface area contributed by atoms with E-state index in [1.54, 1.807) is 0 Å². The minimum absolute atomic E-state index is 0.185. The first-order valence-electron chi connectivity index (χ1n) is 9.49. The second-order valence-electron chi connectivity index (χ2n) is 7.11. The molecule has 26 heavy (non-hydrogen) atoms. The Morgan fingerprint density at radius 1 is 1.23 bits per heavy atom. The Morgan fingerprint density at radius 2 is 2.04 bits per heavy atom. The number of piperidine rings is 1. The molecule has 1 aromatic heterocycles. The van der Waals surface area contributed by atoms with Crippen molar-refractivity contribution in [3.8, 4) is 0 Å². The van der Waals surface area contributed by atoms with E-state index in [1.165, 1.54) is 19.3 Å². The lowest BCUT2D eigenvalue weighted by molar-refractivity contribution is 0.102. The molecule has 0 bridgehead atoms. The number of anilines is 2. The molecule has 1 aromatic carbocycles. The third-order valence-electron chi connectivity index (χ3n) is 5.30. The molecule has 2 heterocycles. The average Bonchev–Trinajstić information content (AvgIpc) is 2.64. The normalized spacial score (nSPS) is 17.2. The van der Waals surface area contributed by atoms with Gasteiger partial charge in [0.15, 0.2) is 0 Å². The minimum Gasteiger partial charge on any atom is -0.354 e. The molecule has 1 aliphatic rings. The van der Waals surface area contributed by atoms with Crippen molar-refractivity contribution in [2.75, 3.05) is 16.8 Å². The first kappa shape index (κ1) is 18.4. The molecule has 0 spiro atoms. The second kappa shape index (κ2) is 7.85. The van der Waals surface area contributed by atoms with Gasteiger partial charge in [-0.3, -0.25) is 4.79 Å². The molecule has 5 nitrogen and oxygen atoms in total. The number of nitrogens with zero attached hydrogens (tertiary/aromatic N) is 3. The number of aryl methyl sites for hydroxylation is 2. The molecule has 1 atom stereocenters. The lowest BCUT2D eigenvalue weighted by Crippen LogP contribution is -2.40. The fourth-order valence-electron chi connectivity index (χ4n) is 3.61. The fourth-order valence-corrected chi connectivity index (χ4v) is 3.61. The summed E-state index contributed by atoms with van der Waals surface area (Å²) in [5.74, 6) is 1.32. The van der Waals surface area contributed by atoms with Crippen LogP contribution in [0.4, 0.5) is 11.5 Å². The summed E-state index contributed by atoms with van der Waals surface area (Å²) in [6.45, 7) is 9.11. The average molecular weight is 352 g/mol. The highest BCUT2D eigenvalue weighted by atomic mass is 16.1. The molecule has 1 aliphatic heterocycles. The number of carbonyl (C=O) groups excluding carboxylic acids is 1. The van der Waals surface area contributed by atoms with E-state index in [0.717, 1.165) is 35.6 Å². The maximum atomic E-state index is 12.8. The SMILES string of the molecule is CCC1CCCCN1c1cc(C(=O)Nc2cccc(C)c2C)nc(C)n1. The van der Waals surface area contributed by atoms with E-state index in [-0.39, 0.29) is 5.91 Å². The Balaban J connectivity index is 1.87. The van der Waals surface area contributed by atoms with E-state index in [1.807, 2.05) is 45.0 Å². The number of hydrogen-bond donors (Lipinski definition) is 1. The van der Waals surface area contributed by atoms with Crippen LogP contribution >= 0.6 is 0 Å². The third-order valence-corrected chi connectivity index (χ3v) is 5.30. The zero-order chi connectivity index (χ0) is 18.7. The highest BCUT2D eigenvalue weighted by molar-refractivity contribution is 6.03. The highest BCUT2D eigenvalue weighted by Gasteiger charge is 2.23. The van der Waals surface area contributed by atoms with Crippen molar-refractivity contribution in [1.29, 1.82) is 0 Å². The van der Waals surface area contributed by atoms with E-state index < -0.39 is 0 Å². The molecule has 3 rings (SSSR count). The summed E-state index contributed by atoms with van der Waals surface area (Å²) in [5, 5.41) is 3.00.